The van der Waals surface area contributed by atoms with Crippen molar-refractivity contribution in [3.05, 3.63) is 54.4 Å². The van der Waals surface area contributed by atoms with Crippen LogP contribution < -0.4 is 15.4 Å². The third-order valence-electron chi connectivity index (χ3n) is 3.66. The molecule has 0 aliphatic heterocycles. The van der Waals surface area contributed by atoms with E-state index in [1.54, 1.807) is 12.4 Å². The van der Waals surface area contributed by atoms with Gasteiger partial charge in [-0.2, -0.15) is 0 Å². The molecule has 1 saturated carbocycles. The Kier molecular flexibility index (Phi) is 9.27. The predicted octanol–water partition coefficient (Wildman–Crippen LogP) is 3.44. The summed E-state index contributed by atoms with van der Waals surface area (Å²) < 4.78 is 5.73. The van der Waals surface area contributed by atoms with E-state index in [2.05, 4.69) is 15.6 Å². The minimum Gasteiger partial charge on any atom is -0.489 e. The summed E-state index contributed by atoms with van der Waals surface area (Å²) in [6.45, 7) is 1.73. The van der Waals surface area contributed by atoms with Gasteiger partial charge in [0, 0.05) is 29.7 Å². The average Bonchev–Trinajstić information content (AvgIpc) is 3.39. The van der Waals surface area contributed by atoms with Gasteiger partial charge in [-0.05, 0) is 43.5 Å². The number of amides is 1. The maximum atomic E-state index is 11.9. The van der Waals surface area contributed by atoms with Crippen LogP contribution in [-0.2, 0) is 11.4 Å². The molecule has 2 N–H and O–H groups in total. The Morgan fingerprint density at radius 2 is 2.04 bits per heavy atom. The lowest BCUT2D eigenvalue weighted by molar-refractivity contribution is -0.115. The highest BCUT2D eigenvalue weighted by molar-refractivity contribution is 5.92. The van der Waals surface area contributed by atoms with E-state index in [4.69, 9.17) is 4.74 Å². The number of pyridine rings is 1. The zero-order valence-electron chi connectivity index (χ0n) is 13.8. The van der Waals surface area contributed by atoms with Crippen molar-refractivity contribution in [2.75, 3.05) is 18.4 Å². The zero-order chi connectivity index (χ0) is 15.9. The van der Waals surface area contributed by atoms with Crippen LogP contribution in [0.15, 0.2) is 48.8 Å². The number of hydrogen-bond donors (Lipinski definition) is 2. The van der Waals surface area contributed by atoms with Crippen LogP contribution in [0.5, 0.6) is 5.75 Å². The number of carbonyl (C=O) groups excluding carboxylic acids is 1. The quantitative estimate of drug-likeness (QED) is 0.732. The van der Waals surface area contributed by atoms with Crippen molar-refractivity contribution in [2.45, 2.75) is 19.4 Å². The fraction of sp³-hybridized carbons (Fsp3) is 0.333. The van der Waals surface area contributed by atoms with Crippen LogP contribution >= 0.6 is 24.8 Å². The second-order valence-electron chi connectivity index (χ2n) is 5.80. The first kappa shape index (κ1) is 21.2. The molecule has 0 spiro atoms. The van der Waals surface area contributed by atoms with Crippen molar-refractivity contribution in [1.82, 2.24) is 10.3 Å². The van der Waals surface area contributed by atoms with Gasteiger partial charge in [-0.25, -0.2) is 0 Å². The first-order valence-corrected chi connectivity index (χ1v) is 7.92. The SMILES string of the molecule is Cl.Cl.O=C(CNCC1CC1)Nc1cccc(OCc2cccnc2)c1. The van der Waals surface area contributed by atoms with Gasteiger partial charge in [-0.1, -0.05) is 12.1 Å². The number of halogens is 2. The molecule has 0 bridgehead atoms. The summed E-state index contributed by atoms with van der Waals surface area (Å²) in [6, 6.07) is 11.3. The molecule has 136 valence electrons. The largest absolute Gasteiger partial charge is 0.489 e. The third kappa shape index (κ3) is 7.73. The molecule has 1 aliphatic carbocycles. The maximum absolute atomic E-state index is 11.9. The fourth-order valence-electron chi connectivity index (χ4n) is 2.23. The van der Waals surface area contributed by atoms with Gasteiger partial charge in [-0.3, -0.25) is 9.78 Å². The van der Waals surface area contributed by atoms with Gasteiger partial charge in [0.15, 0.2) is 0 Å². The van der Waals surface area contributed by atoms with Gasteiger partial charge < -0.3 is 15.4 Å². The molecular formula is C18H23Cl2N3O2. The summed E-state index contributed by atoms with van der Waals surface area (Å²) in [6.07, 6.45) is 6.07. The Morgan fingerprint density at radius 3 is 2.76 bits per heavy atom. The molecular weight excluding hydrogens is 361 g/mol. The van der Waals surface area contributed by atoms with Gasteiger partial charge in [0.2, 0.25) is 5.91 Å². The highest BCUT2D eigenvalue weighted by Crippen LogP contribution is 2.27. The minimum absolute atomic E-state index is 0. The van der Waals surface area contributed by atoms with Crippen LogP contribution in [-0.4, -0.2) is 24.0 Å². The van der Waals surface area contributed by atoms with Crippen LogP contribution in [0.3, 0.4) is 0 Å². The summed E-state index contributed by atoms with van der Waals surface area (Å²) in [5.41, 5.74) is 1.75. The van der Waals surface area contributed by atoms with Crippen molar-refractivity contribution in [1.29, 1.82) is 0 Å². The third-order valence-corrected chi connectivity index (χ3v) is 3.66. The molecule has 3 rings (SSSR count). The van der Waals surface area contributed by atoms with Crippen molar-refractivity contribution in [3.63, 3.8) is 0 Å². The Bertz CT molecular complexity index is 652. The van der Waals surface area contributed by atoms with E-state index in [1.165, 1.54) is 12.8 Å². The lowest BCUT2D eigenvalue weighted by Crippen LogP contribution is -2.29. The summed E-state index contributed by atoms with van der Waals surface area (Å²) in [4.78, 5) is 15.9. The highest BCUT2D eigenvalue weighted by Gasteiger charge is 2.20. The van der Waals surface area contributed by atoms with Gasteiger partial charge in [0.25, 0.3) is 0 Å². The van der Waals surface area contributed by atoms with Gasteiger partial charge >= 0.3 is 0 Å². The normalized spacial score (nSPS) is 12.5. The summed E-state index contributed by atoms with van der Waals surface area (Å²) in [5.74, 6) is 1.46. The average molecular weight is 384 g/mol. The molecule has 2 aromatic rings. The Morgan fingerprint density at radius 1 is 1.20 bits per heavy atom. The molecule has 0 saturated heterocycles. The lowest BCUT2D eigenvalue weighted by atomic mass is 10.3. The predicted molar refractivity (Wildman–Crippen MR) is 104 cm³/mol. The number of rotatable bonds is 8. The van der Waals surface area contributed by atoms with Crippen LogP contribution in [0.1, 0.15) is 18.4 Å². The molecule has 1 aliphatic rings. The summed E-state index contributed by atoms with van der Waals surface area (Å²) in [5, 5.41) is 6.06. The summed E-state index contributed by atoms with van der Waals surface area (Å²) >= 11 is 0. The molecule has 25 heavy (non-hydrogen) atoms. The number of ether oxygens (including phenoxy) is 1. The second-order valence-corrected chi connectivity index (χ2v) is 5.80. The molecule has 1 fully saturated rings. The zero-order valence-corrected chi connectivity index (χ0v) is 15.4. The monoisotopic (exact) mass is 383 g/mol. The van der Waals surface area contributed by atoms with E-state index >= 15 is 0 Å². The fourth-order valence-corrected chi connectivity index (χ4v) is 2.23. The van der Waals surface area contributed by atoms with E-state index in [-0.39, 0.29) is 30.7 Å². The molecule has 0 unspecified atom stereocenters. The molecule has 0 atom stereocenters. The van der Waals surface area contributed by atoms with Crippen LogP contribution in [0, 0.1) is 5.92 Å². The number of hydrogen-bond acceptors (Lipinski definition) is 4. The topological polar surface area (TPSA) is 63.2 Å². The number of carbonyl (C=O) groups is 1. The molecule has 5 nitrogen and oxygen atoms in total. The number of anilines is 1. The van der Waals surface area contributed by atoms with Crippen molar-refractivity contribution in [2.24, 2.45) is 5.92 Å². The molecule has 7 heteroatoms. The van der Waals surface area contributed by atoms with E-state index in [1.807, 2.05) is 36.4 Å². The molecule has 1 heterocycles. The van der Waals surface area contributed by atoms with E-state index in [9.17, 15) is 4.79 Å². The first-order chi connectivity index (χ1) is 11.3. The van der Waals surface area contributed by atoms with Gasteiger partial charge in [-0.15, -0.1) is 24.8 Å². The van der Waals surface area contributed by atoms with Crippen LogP contribution in [0.25, 0.3) is 0 Å². The molecule has 0 radical (unpaired) electrons. The number of nitrogens with zero attached hydrogens (tertiary/aromatic N) is 1. The first-order valence-electron chi connectivity index (χ1n) is 7.92. The maximum Gasteiger partial charge on any atom is 0.238 e. The minimum atomic E-state index is -0.0324. The Hall–Kier alpha value is -1.82. The number of benzene rings is 1. The van der Waals surface area contributed by atoms with Crippen molar-refractivity contribution >= 4 is 36.4 Å². The van der Waals surface area contributed by atoms with Crippen molar-refractivity contribution < 1.29 is 9.53 Å². The van der Waals surface area contributed by atoms with E-state index in [0.29, 0.717) is 13.2 Å². The Balaban J connectivity index is 0.00000156. The lowest BCUT2D eigenvalue weighted by Gasteiger charge is -2.09. The molecule has 1 aromatic carbocycles. The summed E-state index contributed by atoms with van der Waals surface area (Å²) in [7, 11) is 0. The smallest absolute Gasteiger partial charge is 0.238 e. The van der Waals surface area contributed by atoms with Gasteiger partial charge in [0.05, 0.1) is 6.54 Å². The van der Waals surface area contributed by atoms with Crippen LogP contribution in [0.4, 0.5) is 5.69 Å². The molecule has 1 amide bonds. The van der Waals surface area contributed by atoms with Gasteiger partial charge in [0.1, 0.15) is 12.4 Å². The highest BCUT2D eigenvalue weighted by atomic mass is 35.5. The number of nitrogens with one attached hydrogen (secondary N) is 2. The van der Waals surface area contributed by atoms with Crippen molar-refractivity contribution in [3.8, 4) is 5.75 Å². The standard InChI is InChI=1S/C18H21N3O2.2ClH/c22-18(12-20-10-14-6-7-14)21-16-4-1-5-17(9-16)23-13-15-3-2-8-19-11-15;;/h1-5,8-9,11,14,20H,6-7,10,12-13H2,(H,21,22);2*1H. The number of aromatic nitrogens is 1. The second kappa shape index (κ2) is 10.9. The Labute approximate surface area is 160 Å². The van der Waals surface area contributed by atoms with E-state index in [0.717, 1.165) is 29.5 Å². The van der Waals surface area contributed by atoms with E-state index < -0.39 is 0 Å². The molecule has 1 aromatic heterocycles. The van der Waals surface area contributed by atoms with Crippen LogP contribution in [0.2, 0.25) is 0 Å².